The van der Waals surface area contributed by atoms with Gasteiger partial charge in [0, 0.05) is 12.8 Å². The Morgan fingerprint density at radius 1 is 0.512 bits per heavy atom. The molecule has 0 saturated heterocycles. The van der Waals surface area contributed by atoms with Gasteiger partial charge in [0.05, 0.1) is 0 Å². The quantitative estimate of drug-likeness (QED) is 0.0474. The molecule has 0 saturated carbocycles. The Morgan fingerprint density at radius 2 is 0.907 bits per heavy atom. The van der Waals surface area contributed by atoms with Gasteiger partial charge in [0.25, 0.3) is 0 Å². The van der Waals surface area contributed by atoms with Crippen LogP contribution in [0.4, 0.5) is 0 Å². The standard InChI is InChI=1S/C39H68O4/c1-3-5-7-8-9-10-11-12-13-14-15-16-17-18-19-20-21-22-23-28-32-36-39(42)43-37(33-29-6-4-2)34-30-26-24-25-27-31-35-38(40)41/h9-10,12-13,15-16,18-19,37H,3-8,11,14,17,20-36H2,1-2H3,(H,40,41)/b10-9-,13-12-,16-15-,19-18-. The van der Waals surface area contributed by atoms with E-state index in [2.05, 4.69) is 62.5 Å². The molecule has 0 bridgehead atoms. The Balaban J connectivity index is 3.78. The fourth-order valence-electron chi connectivity index (χ4n) is 5.11. The van der Waals surface area contributed by atoms with Crippen molar-refractivity contribution in [3.8, 4) is 0 Å². The van der Waals surface area contributed by atoms with E-state index in [0.717, 1.165) is 96.3 Å². The molecular weight excluding hydrogens is 532 g/mol. The minimum Gasteiger partial charge on any atom is -0.481 e. The first-order valence-electron chi connectivity index (χ1n) is 18.1. The summed E-state index contributed by atoms with van der Waals surface area (Å²) in [4.78, 5) is 23.0. The fourth-order valence-corrected chi connectivity index (χ4v) is 5.11. The highest BCUT2D eigenvalue weighted by atomic mass is 16.5. The molecule has 0 aliphatic carbocycles. The summed E-state index contributed by atoms with van der Waals surface area (Å²) in [6, 6.07) is 0. The summed E-state index contributed by atoms with van der Waals surface area (Å²) in [5.74, 6) is -0.716. The summed E-state index contributed by atoms with van der Waals surface area (Å²) in [5, 5.41) is 8.72. The highest BCUT2D eigenvalue weighted by Crippen LogP contribution is 2.17. The topological polar surface area (TPSA) is 63.6 Å². The molecule has 1 atom stereocenters. The van der Waals surface area contributed by atoms with Crippen LogP contribution < -0.4 is 0 Å². The second kappa shape index (κ2) is 34.4. The van der Waals surface area contributed by atoms with Gasteiger partial charge in [-0.25, -0.2) is 0 Å². The van der Waals surface area contributed by atoms with Crippen LogP contribution in [0.5, 0.6) is 0 Å². The number of carbonyl (C=O) groups excluding carboxylic acids is 1. The monoisotopic (exact) mass is 601 g/mol. The van der Waals surface area contributed by atoms with Gasteiger partial charge in [-0.3, -0.25) is 9.59 Å². The number of carboxylic acids is 1. The normalized spacial score (nSPS) is 12.8. The van der Waals surface area contributed by atoms with Gasteiger partial charge in [0.1, 0.15) is 6.10 Å². The summed E-state index contributed by atoms with van der Waals surface area (Å²) < 4.78 is 5.89. The number of hydrogen-bond acceptors (Lipinski definition) is 3. The van der Waals surface area contributed by atoms with E-state index in [9.17, 15) is 9.59 Å². The van der Waals surface area contributed by atoms with E-state index >= 15 is 0 Å². The predicted octanol–water partition coefficient (Wildman–Crippen LogP) is 12.4. The van der Waals surface area contributed by atoms with Crippen molar-refractivity contribution in [1.82, 2.24) is 0 Å². The van der Waals surface area contributed by atoms with Gasteiger partial charge in [0.15, 0.2) is 0 Å². The molecule has 248 valence electrons. The van der Waals surface area contributed by atoms with Gasteiger partial charge in [0.2, 0.25) is 0 Å². The lowest BCUT2D eigenvalue weighted by molar-refractivity contribution is -0.150. The smallest absolute Gasteiger partial charge is 0.306 e. The van der Waals surface area contributed by atoms with Crippen LogP contribution in [0.1, 0.15) is 181 Å². The molecule has 0 aliphatic rings. The summed E-state index contributed by atoms with van der Waals surface area (Å²) >= 11 is 0. The first-order chi connectivity index (χ1) is 21.1. The average molecular weight is 601 g/mol. The number of allylic oxidation sites excluding steroid dienone is 8. The SMILES string of the molecule is CCCCC/C=C\C/C=C\C/C=C\C/C=C\CCCCCCCC(=O)OC(CCCCC)CCCCCCCCC(=O)O. The van der Waals surface area contributed by atoms with Crippen LogP contribution >= 0.6 is 0 Å². The summed E-state index contributed by atoms with van der Waals surface area (Å²) in [6.45, 7) is 4.45. The van der Waals surface area contributed by atoms with Crippen molar-refractivity contribution in [2.45, 2.75) is 187 Å². The summed E-state index contributed by atoms with van der Waals surface area (Å²) in [5.41, 5.74) is 0. The van der Waals surface area contributed by atoms with Crippen LogP contribution in [0.25, 0.3) is 0 Å². The van der Waals surface area contributed by atoms with E-state index in [1.54, 1.807) is 0 Å². The Kier molecular flexibility index (Phi) is 32.7. The van der Waals surface area contributed by atoms with E-state index < -0.39 is 5.97 Å². The molecule has 1 unspecified atom stereocenters. The third kappa shape index (κ3) is 34.3. The molecule has 0 aromatic carbocycles. The van der Waals surface area contributed by atoms with Crippen LogP contribution in [0.2, 0.25) is 0 Å². The van der Waals surface area contributed by atoms with Crippen molar-refractivity contribution in [3.63, 3.8) is 0 Å². The van der Waals surface area contributed by atoms with Gasteiger partial charge in [-0.2, -0.15) is 0 Å². The minimum atomic E-state index is -0.699. The molecule has 4 heteroatoms. The lowest BCUT2D eigenvalue weighted by Gasteiger charge is -2.18. The van der Waals surface area contributed by atoms with Gasteiger partial charge in [-0.05, 0) is 83.5 Å². The van der Waals surface area contributed by atoms with E-state index in [-0.39, 0.29) is 18.5 Å². The van der Waals surface area contributed by atoms with E-state index in [0.29, 0.717) is 6.42 Å². The average Bonchev–Trinajstić information content (AvgIpc) is 2.99. The molecule has 0 amide bonds. The Morgan fingerprint density at radius 3 is 1.44 bits per heavy atom. The molecule has 0 spiro atoms. The second-order valence-corrected chi connectivity index (χ2v) is 12.1. The third-order valence-corrected chi connectivity index (χ3v) is 7.80. The van der Waals surface area contributed by atoms with Gasteiger partial charge < -0.3 is 9.84 Å². The molecule has 4 nitrogen and oxygen atoms in total. The zero-order valence-electron chi connectivity index (χ0n) is 28.3. The molecule has 43 heavy (non-hydrogen) atoms. The number of rotatable bonds is 32. The highest BCUT2D eigenvalue weighted by Gasteiger charge is 2.14. The third-order valence-electron chi connectivity index (χ3n) is 7.80. The first kappa shape index (κ1) is 40.9. The number of esters is 1. The fraction of sp³-hybridized carbons (Fsp3) is 0.744. The molecule has 1 N–H and O–H groups in total. The first-order valence-corrected chi connectivity index (χ1v) is 18.1. The maximum atomic E-state index is 12.5. The van der Waals surface area contributed by atoms with Crippen LogP contribution in [-0.2, 0) is 14.3 Å². The highest BCUT2D eigenvalue weighted by molar-refractivity contribution is 5.69. The summed E-state index contributed by atoms with van der Waals surface area (Å²) in [6.07, 6.45) is 45.8. The van der Waals surface area contributed by atoms with Crippen molar-refractivity contribution >= 4 is 11.9 Å². The molecule has 0 aliphatic heterocycles. The predicted molar refractivity (Wildman–Crippen MR) is 185 cm³/mol. The molecule has 0 fully saturated rings. The van der Waals surface area contributed by atoms with Crippen LogP contribution in [0, 0.1) is 0 Å². The van der Waals surface area contributed by atoms with Crippen molar-refractivity contribution in [3.05, 3.63) is 48.6 Å². The van der Waals surface area contributed by atoms with Crippen LogP contribution in [0.3, 0.4) is 0 Å². The molecule has 0 aromatic rings. The van der Waals surface area contributed by atoms with Gasteiger partial charge >= 0.3 is 11.9 Å². The molecule has 0 rings (SSSR count). The van der Waals surface area contributed by atoms with Crippen LogP contribution in [-0.4, -0.2) is 23.1 Å². The van der Waals surface area contributed by atoms with Gasteiger partial charge in [-0.15, -0.1) is 0 Å². The minimum absolute atomic E-state index is 0.0173. The van der Waals surface area contributed by atoms with Crippen molar-refractivity contribution in [2.75, 3.05) is 0 Å². The zero-order valence-corrected chi connectivity index (χ0v) is 28.3. The summed E-state index contributed by atoms with van der Waals surface area (Å²) in [7, 11) is 0. The number of carboxylic acid groups (broad SMARTS) is 1. The maximum Gasteiger partial charge on any atom is 0.306 e. The lowest BCUT2D eigenvalue weighted by Crippen LogP contribution is -2.18. The number of ether oxygens (including phenoxy) is 1. The number of unbranched alkanes of at least 4 members (excludes halogenated alkanes) is 15. The van der Waals surface area contributed by atoms with Crippen molar-refractivity contribution in [1.29, 1.82) is 0 Å². The second-order valence-electron chi connectivity index (χ2n) is 12.1. The van der Waals surface area contributed by atoms with Gasteiger partial charge in [-0.1, -0.05) is 133 Å². The van der Waals surface area contributed by atoms with Crippen LogP contribution in [0.15, 0.2) is 48.6 Å². The Bertz CT molecular complexity index is 734. The van der Waals surface area contributed by atoms with Crippen molar-refractivity contribution in [2.24, 2.45) is 0 Å². The molecular formula is C39H68O4. The lowest BCUT2D eigenvalue weighted by atomic mass is 10.0. The molecule has 0 radical (unpaired) electrons. The maximum absolute atomic E-state index is 12.5. The van der Waals surface area contributed by atoms with E-state index in [1.807, 2.05) is 0 Å². The Hall–Kier alpha value is -2.10. The molecule has 0 heterocycles. The largest absolute Gasteiger partial charge is 0.481 e. The Labute approximate surface area is 266 Å². The molecule has 0 aromatic heterocycles. The number of aliphatic carboxylic acids is 1. The number of hydrogen-bond donors (Lipinski definition) is 1. The van der Waals surface area contributed by atoms with Crippen molar-refractivity contribution < 1.29 is 19.4 Å². The van der Waals surface area contributed by atoms with E-state index in [1.165, 1.54) is 57.8 Å². The van der Waals surface area contributed by atoms with E-state index in [4.69, 9.17) is 9.84 Å². The number of carbonyl (C=O) groups is 2. The zero-order chi connectivity index (χ0) is 31.5.